The largest absolute Gasteiger partial charge is 0.377 e. The molecule has 1 N–H and O–H groups in total. The van der Waals surface area contributed by atoms with Gasteiger partial charge >= 0.3 is 0 Å². The predicted octanol–water partition coefficient (Wildman–Crippen LogP) is 1.87. The van der Waals surface area contributed by atoms with Crippen LogP contribution in [-0.4, -0.2) is 74.2 Å². The SMILES string of the molecule is O=C(CCC1CCNCC1)N1CCC(OCCN2CCCC2)CC1. The second-order valence-corrected chi connectivity index (χ2v) is 7.73. The molecular formula is C19H35N3O2. The fraction of sp³-hybridized carbons (Fsp3) is 0.947. The summed E-state index contributed by atoms with van der Waals surface area (Å²) in [6.07, 6.45) is 9.37. The number of nitrogens with zero attached hydrogens (tertiary/aromatic N) is 2. The Morgan fingerprint density at radius 2 is 1.71 bits per heavy atom. The molecule has 0 aromatic rings. The fourth-order valence-corrected chi connectivity index (χ4v) is 4.28. The lowest BCUT2D eigenvalue weighted by Crippen LogP contribution is -2.41. The molecule has 0 radical (unpaired) electrons. The molecule has 0 aliphatic carbocycles. The lowest BCUT2D eigenvalue weighted by Gasteiger charge is -2.33. The van der Waals surface area contributed by atoms with Crippen molar-refractivity contribution >= 4 is 5.91 Å². The maximum absolute atomic E-state index is 12.4. The molecule has 0 spiro atoms. The van der Waals surface area contributed by atoms with Gasteiger partial charge in [-0.1, -0.05) is 0 Å². The third kappa shape index (κ3) is 5.71. The first-order valence-electron chi connectivity index (χ1n) is 10.1. The van der Waals surface area contributed by atoms with E-state index in [1.165, 1.54) is 38.8 Å². The Morgan fingerprint density at radius 1 is 1.00 bits per heavy atom. The van der Waals surface area contributed by atoms with Crippen molar-refractivity contribution in [3.8, 4) is 0 Å². The molecule has 3 saturated heterocycles. The minimum atomic E-state index is 0.362. The Balaban J connectivity index is 1.26. The van der Waals surface area contributed by atoms with Gasteiger partial charge in [-0.15, -0.1) is 0 Å². The zero-order valence-corrected chi connectivity index (χ0v) is 15.2. The van der Waals surface area contributed by atoms with Gasteiger partial charge in [-0.05, 0) is 77.0 Å². The molecule has 0 aromatic heterocycles. The molecule has 3 aliphatic heterocycles. The number of ether oxygens (including phenoxy) is 1. The number of likely N-dealkylation sites (tertiary alicyclic amines) is 2. The highest BCUT2D eigenvalue weighted by molar-refractivity contribution is 5.76. The van der Waals surface area contributed by atoms with Gasteiger partial charge in [-0.2, -0.15) is 0 Å². The molecule has 24 heavy (non-hydrogen) atoms. The van der Waals surface area contributed by atoms with E-state index in [0.29, 0.717) is 12.0 Å². The van der Waals surface area contributed by atoms with Crippen LogP contribution in [-0.2, 0) is 9.53 Å². The van der Waals surface area contributed by atoms with E-state index in [-0.39, 0.29) is 0 Å². The summed E-state index contributed by atoms with van der Waals surface area (Å²) in [5.41, 5.74) is 0. The monoisotopic (exact) mass is 337 g/mol. The molecule has 138 valence electrons. The Labute approximate surface area is 147 Å². The van der Waals surface area contributed by atoms with E-state index in [1.54, 1.807) is 0 Å². The Bertz CT molecular complexity index is 371. The smallest absolute Gasteiger partial charge is 0.222 e. The Kier molecular flexibility index (Phi) is 7.36. The Morgan fingerprint density at radius 3 is 2.42 bits per heavy atom. The van der Waals surface area contributed by atoms with Gasteiger partial charge < -0.3 is 19.9 Å². The maximum atomic E-state index is 12.4. The van der Waals surface area contributed by atoms with Crippen LogP contribution in [0.25, 0.3) is 0 Å². The van der Waals surface area contributed by atoms with Crippen LogP contribution in [0.5, 0.6) is 0 Å². The molecule has 3 heterocycles. The van der Waals surface area contributed by atoms with Crippen molar-refractivity contribution in [3.05, 3.63) is 0 Å². The van der Waals surface area contributed by atoms with Gasteiger partial charge in [0.2, 0.25) is 5.91 Å². The van der Waals surface area contributed by atoms with Gasteiger partial charge in [-0.3, -0.25) is 4.79 Å². The summed E-state index contributed by atoms with van der Waals surface area (Å²) in [5, 5.41) is 3.39. The summed E-state index contributed by atoms with van der Waals surface area (Å²) in [6, 6.07) is 0. The van der Waals surface area contributed by atoms with Crippen molar-refractivity contribution in [3.63, 3.8) is 0 Å². The van der Waals surface area contributed by atoms with Crippen molar-refractivity contribution in [2.24, 2.45) is 5.92 Å². The molecular weight excluding hydrogens is 302 g/mol. The van der Waals surface area contributed by atoms with Crippen LogP contribution in [0, 0.1) is 5.92 Å². The number of hydrogen-bond acceptors (Lipinski definition) is 4. The number of piperidine rings is 2. The van der Waals surface area contributed by atoms with Crippen molar-refractivity contribution in [1.82, 2.24) is 15.1 Å². The van der Waals surface area contributed by atoms with Crippen molar-refractivity contribution in [2.45, 2.75) is 57.5 Å². The zero-order chi connectivity index (χ0) is 16.6. The minimum Gasteiger partial charge on any atom is -0.377 e. The number of hydrogen-bond donors (Lipinski definition) is 1. The van der Waals surface area contributed by atoms with E-state index in [0.717, 1.165) is 70.9 Å². The first kappa shape index (κ1) is 18.2. The second-order valence-electron chi connectivity index (χ2n) is 7.73. The molecule has 3 aliphatic rings. The molecule has 5 heteroatoms. The molecule has 0 aromatic carbocycles. The summed E-state index contributed by atoms with van der Waals surface area (Å²) in [7, 11) is 0. The topological polar surface area (TPSA) is 44.8 Å². The molecule has 0 saturated carbocycles. The number of nitrogens with one attached hydrogen (secondary N) is 1. The summed E-state index contributed by atoms with van der Waals surface area (Å²) < 4.78 is 6.04. The third-order valence-corrected chi connectivity index (χ3v) is 5.98. The molecule has 5 nitrogen and oxygen atoms in total. The number of carbonyl (C=O) groups excluding carboxylic acids is 1. The lowest BCUT2D eigenvalue weighted by atomic mass is 9.93. The van der Waals surface area contributed by atoms with E-state index in [9.17, 15) is 4.79 Å². The molecule has 0 bridgehead atoms. The zero-order valence-electron chi connectivity index (χ0n) is 15.2. The summed E-state index contributed by atoms with van der Waals surface area (Å²) in [5.74, 6) is 1.12. The molecule has 0 unspecified atom stereocenters. The standard InChI is InChI=1S/C19H35N3O2/c23-19(4-3-17-5-9-20-10-6-17)22-13-7-18(8-14-22)24-16-15-21-11-1-2-12-21/h17-18,20H,1-16H2. The van der Waals surface area contributed by atoms with E-state index < -0.39 is 0 Å². The minimum absolute atomic E-state index is 0.362. The van der Waals surface area contributed by atoms with Gasteiger partial charge in [0.25, 0.3) is 0 Å². The number of rotatable bonds is 7. The third-order valence-electron chi connectivity index (χ3n) is 5.98. The predicted molar refractivity (Wildman–Crippen MR) is 96.1 cm³/mol. The lowest BCUT2D eigenvalue weighted by molar-refractivity contribution is -0.134. The molecule has 1 amide bonds. The van der Waals surface area contributed by atoms with Gasteiger partial charge in [-0.25, -0.2) is 0 Å². The van der Waals surface area contributed by atoms with Gasteiger partial charge in [0.15, 0.2) is 0 Å². The highest BCUT2D eigenvalue weighted by Crippen LogP contribution is 2.20. The average molecular weight is 338 g/mol. The van der Waals surface area contributed by atoms with E-state index in [1.807, 2.05) is 0 Å². The molecule has 0 atom stereocenters. The second kappa shape index (κ2) is 9.73. The van der Waals surface area contributed by atoms with Crippen LogP contribution in [0.2, 0.25) is 0 Å². The van der Waals surface area contributed by atoms with Crippen LogP contribution in [0.3, 0.4) is 0 Å². The van der Waals surface area contributed by atoms with Gasteiger partial charge in [0.1, 0.15) is 0 Å². The first-order valence-corrected chi connectivity index (χ1v) is 10.1. The molecule has 3 fully saturated rings. The quantitative estimate of drug-likeness (QED) is 0.770. The first-order chi connectivity index (χ1) is 11.8. The van der Waals surface area contributed by atoms with Crippen LogP contribution >= 0.6 is 0 Å². The van der Waals surface area contributed by atoms with Crippen LogP contribution in [0.1, 0.15) is 51.4 Å². The number of carbonyl (C=O) groups is 1. The summed E-state index contributed by atoms with van der Waals surface area (Å²) in [6.45, 7) is 8.45. The summed E-state index contributed by atoms with van der Waals surface area (Å²) in [4.78, 5) is 17.0. The van der Waals surface area contributed by atoms with Crippen LogP contribution < -0.4 is 5.32 Å². The highest BCUT2D eigenvalue weighted by Gasteiger charge is 2.24. The highest BCUT2D eigenvalue weighted by atomic mass is 16.5. The van der Waals surface area contributed by atoms with Gasteiger partial charge in [0.05, 0.1) is 12.7 Å². The number of amides is 1. The van der Waals surface area contributed by atoms with E-state index >= 15 is 0 Å². The van der Waals surface area contributed by atoms with Crippen LogP contribution in [0.4, 0.5) is 0 Å². The van der Waals surface area contributed by atoms with Crippen LogP contribution in [0.15, 0.2) is 0 Å². The normalized spacial score (nSPS) is 24.6. The fourth-order valence-electron chi connectivity index (χ4n) is 4.28. The van der Waals surface area contributed by atoms with Crippen molar-refractivity contribution < 1.29 is 9.53 Å². The maximum Gasteiger partial charge on any atom is 0.222 e. The van der Waals surface area contributed by atoms with Crippen molar-refractivity contribution in [1.29, 1.82) is 0 Å². The Hall–Kier alpha value is -0.650. The van der Waals surface area contributed by atoms with E-state index in [2.05, 4.69) is 15.1 Å². The summed E-state index contributed by atoms with van der Waals surface area (Å²) >= 11 is 0. The van der Waals surface area contributed by atoms with E-state index in [4.69, 9.17) is 4.74 Å². The van der Waals surface area contributed by atoms with Gasteiger partial charge in [0, 0.05) is 26.1 Å². The van der Waals surface area contributed by atoms with Crippen molar-refractivity contribution in [2.75, 3.05) is 52.4 Å². The average Bonchev–Trinajstić information content (AvgIpc) is 3.15. The molecule has 3 rings (SSSR count).